The van der Waals surface area contributed by atoms with Crippen LogP contribution in [0.15, 0.2) is 73.1 Å². The Balaban J connectivity index is 0.000000238. The summed E-state index contributed by atoms with van der Waals surface area (Å²) in [5.74, 6) is 0.0933. The van der Waals surface area contributed by atoms with E-state index in [-0.39, 0.29) is 18.4 Å². The van der Waals surface area contributed by atoms with E-state index in [1.165, 1.54) is 13.8 Å². The minimum absolute atomic E-state index is 0.0112. The number of nitrogens with zero attached hydrogens (tertiary/aromatic N) is 2. The predicted molar refractivity (Wildman–Crippen MR) is 204 cm³/mol. The molecule has 0 spiro atoms. The van der Waals surface area contributed by atoms with Gasteiger partial charge in [-0.15, -0.1) is 0 Å². The first-order valence-electron chi connectivity index (χ1n) is 17.7. The summed E-state index contributed by atoms with van der Waals surface area (Å²) >= 11 is 0. The van der Waals surface area contributed by atoms with Crippen LogP contribution < -0.4 is 14.2 Å². The number of para-hydroxylation sites is 1. The van der Waals surface area contributed by atoms with Crippen LogP contribution in [0.25, 0.3) is 21.8 Å². The number of aromatic amines is 2. The molecule has 5 rings (SSSR count). The molecule has 0 amide bonds. The van der Waals surface area contributed by atoms with Gasteiger partial charge < -0.3 is 38.7 Å². The van der Waals surface area contributed by atoms with Crippen LogP contribution in [0.1, 0.15) is 49.8 Å². The number of aromatic nitrogens is 2. The lowest BCUT2D eigenvalue weighted by molar-refractivity contribution is -0.141. The lowest BCUT2D eigenvalue weighted by Crippen LogP contribution is -2.15. The average molecular weight is 727 g/mol. The Bertz CT molecular complexity index is 1990. The highest BCUT2D eigenvalue weighted by molar-refractivity contribution is 5.92. The molecule has 0 atom stereocenters. The van der Waals surface area contributed by atoms with Crippen molar-refractivity contribution in [3.63, 3.8) is 0 Å². The third kappa shape index (κ3) is 12.6. The maximum atomic E-state index is 12.6. The second-order valence-corrected chi connectivity index (χ2v) is 13.2. The summed E-state index contributed by atoms with van der Waals surface area (Å²) in [5.41, 5.74) is 4.75. The van der Waals surface area contributed by atoms with E-state index in [9.17, 15) is 19.2 Å². The second kappa shape index (κ2) is 20.0. The van der Waals surface area contributed by atoms with E-state index >= 15 is 0 Å². The minimum Gasteiger partial charge on any atom is -0.466 e. The highest BCUT2D eigenvalue weighted by Gasteiger charge is 2.17. The van der Waals surface area contributed by atoms with Crippen LogP contribution >= 0.6 is 0 Å². The Labute approximate surface area is 310 Å². The molecule has 0 saturated carbocycles. The smallest absolute Gasteiger partial charge is 0.315 e. The molecular formula is C41H50N4O8. The zero-order valence-electron chi connectivity index (χ0n) is 31.5. The number of benzene rings is 3. The Morgan fingerprint density at radius 2 is 1.11 bits per heavy atom. The number of carbonyl (C=O) groups is 4. The lowest BCUT2D eigenvalue weighted by Gasteiger charge is -2.11. The van der Waals surface area contributed by atoms with Gasteiger partial charge in [0.25, 0.3) is 0 Å². The molecule has 3 aromatic carbocycles. The van der Waals surface area contributed by atoms with E-state index in [4.69, 9.17) is 18.9 Å². The van der Waals surface area contributed by atoms with Crippen molar-refractivity contribution in [1.82, 2.24) is 19.8 Å². The van der Waals surface area contributed by atoms with Gasteiger partial charge in [-0.25, -0.2) is 0 Å². The normalized spacial score (nSPS) is 11.0. The monoisotopic (exact) mass is 726 g/mol. The first-order chi connectivity index (χ1) is 25.4. The standard InChI is InChI=1S/C22H24N2O4.C19H26N2O4/c1-15(25)27-19-9-5-4-7-16(19)13-21(26)28-20-10-6-8-18-22(20)17(14-23-18)11-12-24(2)3;1-14(22)24-12-5-4-9-18(23)25-17-8-6-7-16-19(17)15(13-20-16)10-11-21(2)3/h4-10,14,23H,11-13H2,1-3H3;6-8,13,20H,4-5,9-12H2,1-3H3. The van der Waals surface area contributed by atoms with Gasteiger partial charge in [0, 0.05) is 73.1 Å². The summed E-state index contributed by atoms with van der Waals surface area (Å²) in [6, 6.07) is 18.2. The number of ether oxygens (including phenoxy) is 4. The Kier molecular flexibility index (Phi) is 15.2. The second-order valence-electron chi connectivity index (χ2n) is 13.2. The van der Waals surface area contributed by atoms with Gasteiger partial charge in [-0.1, -0.05) is 30.3 Å². The van der Waals surface area contributed by atoms with Gasteiger partial charge in [0.2, 0.25) is 0 Å². The fourth-order valence-electron chi connectivity index (χ4n) is 5.67. The zero-order valence-corrected chi connectivity index (χ0v) is 31.5. The topological polar surface area (TPSA) is 143 Å². The van der Waals surface area contributed by atoms with Crippen LogP contribution in [-0.2, 0) is 43.2 Å². The average Bonchev–Trinajstić information content (AvgIpc) is 3.72. The zero-order chi connectivity index (χ0) is 38.3. The first kappa shape index (κ1) is 40.3. The number of esters is 4. The summed E-state index contributed by atoms with van der Waals surface area (Å²) < 4.78 is 21.3. The highest BCUT2D eigenvalue weighted by atomic mass is 16.5. The highest BCUT2D eigenvalue weighted by Crippen LogP contribution is 2.31. The van der Waals surface area contributed by atoms with Crippen LogP contribution in [0.2, 0.25) is 0 Å². The van der Waals surface area contributed by atoms with E-state index in [0.717, 1.165) is 58.9 Å². The number of hydrogen-bond acceptors (Lipinski definition) is 10. The van der Waals surface area contributed by atoms with Crippen molar-refractivity contribution >= 4 is 45.7 Å². The summed E-state index contributed by atoms with van der Waals surface area (Å²) in [6.45, 7) is 4.86. The summed E-state index contributed by atoms with van der Waals surface area (Å²) in [4.78, 5) is 57.3. The number of fused-ring (bicyclic) bond motifs is 2. The Morgan fingerprint density at radius 3 is 1.64 bits per heavy atom. The van der Waals surface area contributed by atoms with Crippen LogP contribution in [0.4, 0.5) is 0 Å². The number of nitrogens with one attached hydrogen (secondary N) is 2. The Hall–Kier alpha value is -5.46. The van der Waals surface area contributed by atoms with Crippen molar-refractivity contribution < 1.29 is 38.1 Å². The van der Waals surface area contributed by atoms with Crippen LogP contribution in [0.3, 0.4) is 0 Å². The van der Waals surface area contributed by atoms with Gasteiger partial charge >= 0.3 is 23.9 Å². The fraction of sp³-hybridized carbons (Fsp3) is 0.366. The molecule has 5 aromatic rings. The lowest BCUT2D eigenvalue weighted by atomic mass is 10.1. The molecule has 0 unspecified atom stereocenters. The van der Waals surface area contributed by atoms with Crippen molar-refractivity contribution in [2.75, 3.05) is 47.9 Å². The molecule has 12 heteroatoms. The fourth-order valence-corrected chi connectivity index (χ4v) is 5.67. The van der Waals surface area contributed by atoms with E-state index < -0.39 is 11.9 Å². The van der Waals surface area contributed by atoms with Gasteiger partial charge in [-0.3, -0.25) is 19.2 Å². The third-order valence-electron chi connectivity index (χ3n) is 8.24. The molecule has 0 saturated heterocycles. The van der Waals surface area contributed by atoms with Crippen molar-refractivity contribution in [2.24, 2.45) is 0 Å². The number of H-pyrrole nitrogens is 2. The maximum Gasteiger partial charge on any atom is 0.315 e. The Morgan fingerprint density at radius 1 is 0.585 bits per heavy atom. The van der Waals surface area contributed by atoms with Crippen molar-refractivity contribution in [3.05, 3.63) is 89.7 Å². The largest absolute Gasteiger partial charge is 0.466 e. The molecule has 0 aliphatic heterocycles. The number of likely N-dealkylation sites (N-methyl/N-ethyl adjacent to an activating group) is 2. The third-order valence-corrected chi connectivity index (χ3v) is 8.24. The van der Waals surface area contributed by atoms with E-state index in [1.54, 1.807) is 30.3 Å². The molecule has 2 aromatic heterocycles. The predicted octanol–water partition coefficient (Wildman–Crippen LogP) is 6.26. The summed E-state index contributed by atoms with van der Waals surface area (Å²) in [6.07, 6.45) is 7.25. The van der Waals surface area contributed by atoms with Gasteiger partial charge in [-0.05, 0) is 95.3 Å². The summed E-state index contributed by atoms with van der Waals surface area (Å²) in [5, 5.41) is 1.89. The molecule has 282 valence electrons. The van der Waals surface area contributed by atoms with Gasteiger partial charge in [0.15, 0.2) is 0 Å². The number of carbonyl (C=O) groups excluding carboxylic acids is 4. The molecule has 0 bridgehead atoms. The molecule has 12 nitrogen and oxygen atoms in total. The van der Waals surface area contributed by atoms with Gasteiger partial charge in [0.1, 0.15) is 17.2 Å². The number of unbranched alkanes of at least 4 members (excludes halogenated alkanes) is 1. The van der Waals surface area contributed by atoms with E-state index in [1.807, 2.05) is 70.9 Å². The molecule has 0 aliphatic carbocycles. The molecule has 0 fully saturated rings. The summed E-state index contributed by atoms with van der Waals surface area (Å²) in [7, 11) is 8.11. The minimum atomic E-state index is -0.427. The quantitative estimate of drug-likeness (QED) is 0.0680. The van der Waals surface area contributed by atoms with Crippen LogP contribution in [-0.4, -0.2) is 91.5 Å². The molecular weight excluding hydrogens is 676 g/mol. The maximum absolute atomic E-state index is 12.6. The molecule has 2 N–H and O–H groups in total. The van der Waals surface area contributed by atoms with E-state index in [0.29, 0.717) is 48.7 Å². The van der Waals surface area contributed by atoms with Crippen molar-refractivity contribution in [2.45, 2.75) is 52.4 Å². The molecule has 2 heterocycles. The number of rotatable bonds is 16. The van der Waals surface area contributed by atoms with Crippen molar-refractivity contribution in [1.29, 1.82) is 0 Å². The van der Waals surface area contributed by atoms with Crippen molar-refractivity contribution in [3.8, 4) is 17.2 Å². The first-order valence-corrected chi connectivity index (χ1v) is 17.7. The van der Waals surface area contributed by atoms with Crippen LogP contribution in [0.5, 0.6) is 17.2 Å². The van der Waals surface area contributed by atoms with Crippen LogP contribution in [0, 0.1) is 0 Å². The SMILES string of the molecule is CC(=O)OCCCCC(=O)Oc1cccc2[nH]cc(CCN(C)C)c12.CC(=O)Oc1ccccc1CC(=O)Oc1cccc2[nH]cc(CCN(C)C)c12. The van der Waals surface area contributed by atoms with Gasteiger partial charge in [-0.2, -0.15) is 0 Å². The van der Waals surface area contributed by atoms with E-state index in [2.05, 4.69) is 19.8 Å². The molecule has 53 heavy (non-hydrogen) atoms. The molecule has 0 aliphatic rings. The van der Waals surface area contributed by atoms with Gasteiger partial charge in [0.05, 0.1) is 13.0 Å². The number of hydrogen-bond donors (Lipinski definition) is 2. The molecule has 0 radical (unpaired) electrons.